The molecule has 4 heteroatoms. The van der Waals surface area contributed by atoms with Crippen LogP contribution in [0.4, 0.5) is 0 Å². The Morgan fingerprint density at radius 1 is 1.69 bits per heavy atom. The highest BCUT2D eigenvalue weighted by Crippen LogP contribution is 2.27. The standard InChI is InChI=1S/C9H11NOS2/c1-6-4-8(13-10-6)9(11)7-2-3-12-5-7/h4,7H,2-3,5H2,1H3. The molecule has 1 atom stereocenters. The predicted molar refractivity (Wildman–Crippen MR) is 56.6 cm³/mol. The largest absolute Gasteiger partial charge is 0.293 e. The van der Waals surface area contributed by atoms with Crippen molar-refractivity contribution in [3.63, 3.8) is 0 Å². The Hall–Kier alpha value is -0.350. The van der Waals surface area contributed by atoms with E-state index in [0.29, 0.717) is 5.78 Å². The normalized spacial score (nSPS) is 22.1. The van der Waals surface area contributed by atoms with E-state index >= 15 is 0 Å². The second kappa shape index (κ2) is 3.80. The van der Waals surface area contributed by atoms with Gasteiger partial charge in [0.25, 0.3) is 0 Å². The Kier molecular flexibility index (Phi) is 2.69. The molecule has 1 fully saturated rings. The second-order valence-corrected chi connectivity index (χ2v) is 5.21. The summed E-state index contributed by atoms with van der Waals surface area (Å²) in [5.41, 5.74) is 0.957. The molecule has 1 aliphatic rings. The van der Waals surface area contributed by atoms with Gasteiger partial charge >= 0.3 is 0 Å². The first-order valence-electron chi connectivity index (χ1n) is 4.32. The van der Waals surface area contributed by atoms with E-state index in [2.05, 4.69) is 4.37 Å². The lowest BCUT2D eigenvalue weighted by atomic mass is 10.0. The van der Waals surface area contributed by atoms with Crippen LogP contribution >= 0.6 is 23.3 Å². The molecule has 0 aliphatic carbocycles. The van der Waals surface area contributed by atoms with Gasteiger partial charge in [0.15, 0.2) is 5.78 Å². The number of aromatic nitrogens is 1. The Labute approximate surface area is 85.9 Å². The Morgan fingerprint density at radius 2 is 2.54 bits per heavy atom. The number of ketones is 1. The number of thioether (sulfide) groups is 1. The van der Waals surface area contributed by atoms with E-state index in [1.807, 2.05) is 24.8 Å². The van der Waals surface area contributed by atoms with Crippen molar-refractivity contribution in [3.05, 3.63) is 16.6 Å². The number of aryl methyl sites for hydroxylation is 1. The highest BCUT2D eigenvalue weighted by Gasteiger charge is 2.25. The summed E-state index contributed by atoms with van der Waals surface area (Å²) in [5.74, 6) is 2.68. The van der Waals surface area contributed by atoms with Crippen LogP contribution in [0.15, 0.2) is 6.07 Å². The Morgan fingerprint density at radius 3 is 3.08 bits per heavy atom. The quantitative estimate of drug-likeness (QED) is 0.707. The van der Waals surface area contributed by atoms with E-state index < -0.39 is 0 Å². The maximum atomic E-state index is 11.8. The molecule has 2 rings (SSSR count). The summed E-state index contributed by atoms with van der Waals surface area (Å²) in [6.07, 6.45) is 1.04. The molecule has 0 N–H and O–H groups in total. The van der Waals surface area contributed by atoms with Crippen LogP contribution in [-0.4, -0.2) is 21.7 Å². The zero-order valence-electron chi connectivity index (χ0n) is 7.45. The van der Waals surface area contributed by atoms with Crippen LogP contribution in [0.5, 0.6) is 0 Å². The molecule has 0 saturated carbocycles. The van der Waals surface area contributed by atoms with Gasteiger partial charge in [-0.1, -0.05) is 0 Å². The molecule has 2 nitrogen and oxygen atoms in total. The fourth-order valence-corrected chi connectivity index (χ4v) is 3.42. The fourth-order valence-electron chi connectivity index (χ4n) is 1.42. The van der Waals surface area contributed by atoms with E-state index in [-0.39, 0.29) is 5.92 Å². The SMILES string of the molecule is Cc1cc(C(=O)C2CCSC2)sn1. The van der Waals surface area contributed by atoms with Crippen molar-refractivity contribution in [1.82, 2.24) is 4.37 Å². The van der Waals surface area contributed by atoms with Gasteiger partial charge in [-0.3, -0.25) is 4.79 Å². The number of rotatable bonds is 2. The summed E-state index contributed by atoms with van der Waals surface area (Å²) in [7, 11) is 0. The van der Waals surface area contributed by atoms with Gasteiger partial charge in [-0.05, 0) is 36.7 Å². The van der Waals surface area contributed by atoms with Crippen molar-refractivity contribution in [2.75, 3.05) is 11.5 Å². The summed E-state index contributed by atoms with van der Waals surface area (Å²) in [6.45, 7) is 1.93. The van der Waals surface area contributed by atoms with Crippen LogP contribution in [0.3, 0.4) is 0 Å². The lowest BCUT2D eigenvalue weighted by molar-refractivity contribution is 0.0938. The van der Waals surface area contributed by atoms with E-state index in [4.69, 9.17) is 0 Å². The molecular formula is C9H11NOS2. The summed E-state index contributed by atoms with van der Waals surface area (Å²) >= 11 is 3.21. The Bertz CT molecular complexity index is 315. The van der Waals surface area contributed by atoms with E-state index in [1.165, 1.54) is 11.5 Å². The average molecular weight is 213 g/mol. The summed E-state index contributed by atoms with van der Waals surface area (Å²) < 4.78 is 4.12. The van der Waals surface area contributed by atoms with Crippen LogP contribution < -0.4 is 0 Å². The van der Waals surface area contributed by atoms with Crippen molar-refractivity contribution in [1.29, 1.82) is 0 Å². The molecule has 2 heterocycles. The second-order valence-electron chi connectivity index (χ2n) is 3.26. The number of Topliss-reactive ketones (excluding diaryl/α,β-unsaturated/α-hetero) is 1. The van der Waals surface area contributed by atoms with Crippen LogP contribution in [0.1, 0.15) is 21.8 Å². The first-order valence-corrected chi connectivity index (χ1v) is 6.25. The predicted octanol–water partition coefficient (Wildman–Crippen LogP) is 2.39. The smallest absolute Gasteiger partial charge is 0.178 e. The third kappa shape index (κ3) is 1.94. The van der Waals surface area contributed by atoms with Gasteiger partial charge in [0.1, 0.15) is 0 Å². The summed E-state index contributed by atoms with van der Waals surface area (Å²) in [6, 6.07) is 1.90. The first-order chi connectivity index (χ1) is 6.27. The van der Waals surface area contributed by atoms with E-state index in [0.717, 1.165) is 28.5 Å². The van der Waals surface area contributed by atoms with E-state index in [9.17, 15) is 4.79 Å². The number of carbonyl (C=O) groups excluding carboxylic acids is 1. The van der Waals surface area contributed by atoms with E-state index in [1.54, 1.807) is 0 Å². The minimum absolute atomic E-state index is 0.254. The fraction of sp³-hybridized carbons (Fsp3) is 0.556. The monoisotopic (exact) mass is 213 g/mol. The van der Waals surface area contributed by atoms with Crippen LogP contribution in [0.25, 0.3) is 0 Å². The molecule has 1 aromatic rings. The van der Waals surface area contributed by atoms with Gasteiger partial charge in [0.05, 0.1) is 10.6 Å². The van der Waals surface area contributed by atoms with Gasteiger partial charge < -0.3 is 0 Å². The molecule has 70 valence electrons. The van der Waals surface area contributed by atoms with Crippen LogP contribution in [0, 0.1) is 12.8 Å². The Balaban J connectivity index is 2.12. The molecule has 0 amide bonds. The average Bonchev–Trinajstić information content (AvgIpc) is 2.72. The van der Waals surface area contributed by atoms with Crippen LogP contribution in [-0.2, 0) is 0 Å². The van der Waals surface area contributed by atoms with Crippen LogP contribution in [0.2, 0.25) is 0 Å². The number of hydrogen-bond donors (Lipinski definition) is 0. The number of nitrogens with zero attached hydrogens (tertiary/aromatic N) is 1. The lowest BCUT2D eigenvalue weighted by Gasteiger charge is -2.02. The molecule has 1 unspecified atom stereocenters. The van der Waals surface area contributed by atoms with Crippen molar-refractivity contribution < 1.29 is 4.79 Å². The molecule has 1 aromatic heterocycles. The topological polar surface area (TPSA) is 30.0 Å². The van der Waals surface area contributed by atoms with Gasteiger partial charge in [-0.15, -0.1) is 0 Å². The third-order valence-electron chi connectivity index (χ3n) is 2.17. The minimum atomic E-state index is 0.254. The molecule has 1 aliphatic heterocycles. The molecule has 0 bridgehead atoms. The molecular weight excluding hydrogens is 202 g/mol. The highest BCUT2D eigenvalue weighted by atomic mass is 32.2. The molecule has 1 saturated heterocycles. The number of carbonyl (C=O) groups is 1. The van der Waals surface area contributed by atoms with Gasteiger partial charge in [0, 0.05) is 11.7 Å². The van der Waals surface area contributed by atoms with Crippen molar-refractivity contribution >= 4 is 29.1 Å². The summed E-state index contributed by atoms with van der Waals surface area (Å²) in [5, 5.41) is 0. The minimum Gasteiger partial charge on any atom is -0.293 e. The lowest BCUT2D eigenvalue weighted by Crippen LogP contribution is -2.12. The molecule has 0 aromatic carbocycles. The van der Waals surface area contributed by atoms with Gasteiger partial charge in [0.2, 0.25) is 0 Å². The maximum absolute atomic E-state index is 11.8. The van der Waals surface area contributed by atoms with Gasteiger partial charge in [-0.25, -0.2) is 0 Å². The van der Waals surface area contributed by atoms with Crippen molar-refractivity contribution in [3.8, 4) is 0 Å². The van der Waals surface area contributed by atoms with Crippen molar-refractivity contribution in [2.24, 2.45) is 5.92 Å². The molecule has 13 heavy (non-hydrogen) atoms. The third-order valence-corrected chi connectivity index (χ3v) is 4.23. The zero-order chi connectivity index (χ0) is 9.26. The zero-order valence-corrected chi connectivity index (χ0v) is 9.08. The molecule has 0 radical (unpaired) electrons. The number of hydrogen-bond acceptors (Lipinski definition) is 4. The highest BCUT2D eigenvalue weighted by molar-refractivity contribution is 7.99. The maximum Gasteiger partial charge on any atom is 0.178 e. The first kappa shape index (κ1) is 9.21. The van der Waals surface area contributed by atoms with Gasteiger partial charge in [-0.2, -0.15) is 16.1 Å². The molecule has 0 spiro atoms. The van der Waals surface area contributed by atoms with Crippen molar-refractivity contribution in [2.45, 2.75) is 13.3 Å². The summed E-state index contributed by atoms with van der Waals surface area (Å²) in [4.78, 5) is 12.7.